The van der Waals surface area contributed by atoms with Gasteiger partial charge in [0.25, 0.3) is 0 Å². The summed E-state index contributed by atoms with van der Waals surface area (Å²) in [7, 11) is 0. The van der Waals surface area contributed by atoms with Crippen LogP contribution in [0.4, 0.5) is 8.78 Å². The summed E-state index contributed by atoms with van der Waals surface area (Å²) in [5.74, 6) is -10.6. The van der Waals surface area contributed by atoms with Crippen LogP contribution in [-0.2, 0) is 9.59 Å². The van der Waals surface area contributed by atoms with Gasteiger partial charge in [0.2, 0.25) is 0 Å². The first-order valence-electron chi connectivity index (χ1n) is 14.3. The lowest BCUT2D eigenvalue weighted by Crippen LogP contribution is -2.73. The molecular formula is C29H44F2O8. The third-order valence-corrected chi connectivity index (χ3v) is 11.3. The second-order valence-electron chi connectivity index (χ2n) is 13.1. The molecule has 3 saturated carbocycles. The van der Waals surface area contributed by atoms with Gasteiger partial charge in [0.1, 0.15) is 18.4 Å². The molecule has 6 N–H and O–H groups in total. The lowest BCUT2D eigenvalue weighted by Gasteiger charge is -2.65. The number of carbonyl (C=O) groups excluding carboxylic acids is 2. The normalized spacial score (nSPS) is 44.4. The predicted octanol–water partition coefficient (Wildman–Crippen LogP) is 2.27. The Balaban J connectivity index is 2.00. The van der Waals surface area contributed by atoms with E-state index in [2.05, 4.69) is 0 Å². The van der Waals surface area contributed by atoms with E-state index in [0.717, 1.165) is 6.08 Å². The zero-order chi connectivity index (χ0) is 29.4. The van der Waals surface area contributed by atoms with Gasteiger partial charge >= 0.3 is 0 Å². The summed E-state index contributed by atoms with van der Waals surface area (Å²) >= 11 is 0. The van der Waals surface area contributed by atoms with Gasteiger partial charge in [-0.05, 0) is 48.7 Å². The van der Waals surface area contributed by atoms with E-state index in [4.69, 9.17) is 0 Å². The van der Waals surface area contributed by atoms with Crippen LogP contribution in [0, 0.1) is 34.0 Å². The van der Waals surface area contributed by atoms with E-state index in [-0.39, 0.29) is 56.3 Å². The van der Waals surface area contributed by atoms with Crippen LogP contribution in [0.3, 0.4) is 0 Å². The molecule has 0 aromatic rings. The van der Waals surface area contributed by atoms with Crippen molar-refractivity contribution >= 4 is 11.6 Å². The summed E-state index contributed by atoms with van der Waals surface area (Å²) in [5.41, 5.74) is -8.00. The number of hydrogen-bond donors (Lipinski definition) is 6. The van der Waals surface area contributed by atoms with E-state index >= 15 is 8.78 Å². The number of Topliss-reactive ketones (excluding diaryl/α,β-unsaturated/α-hetero) is 1. The van der Waals surface area contributed by atoms with Crippen molar-refractivity contribution in [2.24, 2.45) is 34.0 Å². The number of aliphatic hydroxyl groups excluding tert-OH is 2. The molecule has 0 aromatic carbocycles. The fraction of sp³-hybridized carbons (Fsp3) is 0.862. The molecule has 0 saturated heterocycles. The molecule has 39 heavy (non-hydrogen) atoms. The number of fused-ring (bicyclic) bond motifs is 5. The topological polar surface area (TPSA) is 156 Å². The molecule has 0 bridgehead atoms. The maximum Gasteiger partial charge on any atom is 0.176 e. The first-order chi connectivity index (χ1) is 18.0. The fourth-order valence-electron chi connectivity index (χ4n) is 9.85. The summed E-state index contributed by atoms with van der Waals surface area (Å²) < 4.78 is 33.5. The lowest BCUT2D eigenvalue weighted by atomic mass is 9.41. The number of halogens is 2. The van der Waals surface area contributed by atoms with Crippen molar-refractivity contribution in [1.82, 2.24) is 0 Å². The maximum atomic E-state index is 17.6. The average Bonchev–Trinajstić information content (AvgIpc) is 3.12. The Bertz CT molecular complexity index is 1040. The number of rotatable bonds is 8. The van der Waals surface area contributed by atoms with Gasteiger partial charge in [-0.15, -0.1) is 0 Å². The molecule has 0 spiro atoms. The Labute approximate surface area is 228 Å². The number of aliphatic hydroxyl groups is 6. The zero-order valence-electron chi connectivity index (χ0n) is 23.3. The second-order valence-corrected chi connectivity index (χ2v) is 13.1. The monoisotopic (exact) mass is 558 g/mol. The SMILES string of the molecule is CCCC(O)(O)C1C[C@H]2[C@@H]3CC(F)C4=CC(=O)CC[C@]4(C)[C@@]3(F)C(O)C[C@]2(C)[C@]1(C(=O)CO)C(O)(O)CCC. The van der Waals surface area contributed by atoms with E-state index in [1.54, 1.807) is 13.8 Å². The van der Waals surface area contributed by atoms with Crippen molar-refractivity contribution < 1.29 is 49.0 Å². The highest BCUT2D eigenvalue weighted by Gasteiger charge is 2.82. The Hall–Kier alpha value is -1.30. The summed E-state index contributed by atoms with van der Waals surface area (Å²) in [6, 6.07) is 0. The molecule has 0 aliphatic heterocycles. The molecule has 4 aliphatic carbocycles. The van der Waals surface area contributed by atoms with Crippen LogP contribution in [0.5, 0.6) is 0 Å². The Morgan fingerprint density at radius 2 is 1.69 bits per heavy atom. The van der Waals surface area contributed by atoms with Crippen molar-refractivity contribution in [3.8, 4) is 0 Å². The molecule has 222 valence electrons. The van der Waals surface area contributed by atoms with Gasteiger partial charge < -0.3 is 30.6 Å². The van der Waals surface area contributed by atoms with Crippen molar-refractivity contribution in [3.63, 3.8) is 0 Å². The molecule has 0 radical (unpaired) electrons. The number of ketones is 2. The highest BCUT2D eigenvalue weighted by atomic mass is 19.1. The summed E-state index contributed by atoms with van der Waals surface area (Å²) in [4.78, 5) is 26.0. The minimum atomic E-state index is -2.85. The van der Waals surface area contributed by atoms with Gasteiger partial charge in [-0.2, -0.15) is 0 Å². The van der Waals surface area contributed by atoms with Crippen LogP contribution in [0.2, 0.25) is 0 Å². The summed E-state index contributed by atoms with van der Waals surface area (Å²) in [6.45, 7) is 5.19. The van der Waals surface area contributed by atoms with Gasteiger partial charge in [0.15, 0.2) is 23.1 Å². The largest absolute Gasteiger partial charge is 0.390 e. The molecule has 3 unspecified atom stereocenters. The van der Waals surface area contributed by atoms with Crippen molar-refractivity contribution in [1.29, 1.82) is 0 Å². The molecular weight excluding hydrogens is 514 g/mol. The number of alkyl halides is 2. The highest BCUT2D eigenvalue weighted by Crippen LogP contribution is 2.76. The summed E-state index contributed by atoms with van der Waals surface area (Å²) in [6.07, 6.45) is -3.70. The van der Waals surface area contributed by atoms with Crippen LogP contribution < -0.4 is 0 Å². The van der Waals surface area contributed by atoms with E-state index < -0.39 is 88.7 Å². The smallest absolute Gasteiger partial charge is 0.176 e. The van der Waals surface area contributed by atoms with Crippen molar-refractivity contribution in [3.05, 3.63) is 11.6 Å². The van der Waals surface area contributed by atoms with E-state index in [1.165, 1.54) is 13.8 Å². The van der Waals surface area contributed by atoms with Gasteiger partial charge in [0.05, 0.1) is 11.5 Å². The Morgan fingerprint density at radius 3 is 2.26 bits per heavy atom. The minimum absolute atomic E-state index is 0.00157. The van der Waals surface area contributed by atoms with E-state index in [0.29, 0.717) is 0 Å². The summed E-state index contributed by atoms with van der Waals surface area (Å²) in [5, 5.41) is 67.8. The maximum absolute atomic E-state index is 17.6. The van der Waals surface area contributed by atoms with Crippen LogP contribution in [0.25, 0.3) is 0 Å². The average molecular weight is 559 g/mol. The highest BCUT2D eigenvalue weighted by molar-refractivity contribution is 5.92. The van der Waals surface area contributed by atoms with Crippen LogP contribution in [0.15, 0.2) is 11.6 Å². The van der Waals surface area contributed by atoms with Gasteiger partial charge in [0, 0.05) is 36.5 Å². The van der Waals surface area contributed by atoms with Gasteiger partial charge in [-0.25, -0.2) is 8.78 Å². The molecule has 10 heteroatoms. The molecule has 9 atom stereocenters. The van der Waals surface area contributed by atoms with E-state index in [1.807, 2.05) is 0 Å². The Kier molecular flexibility index (Phi) is 7.57. The third-order valence-electron chi connectivity index (χ3n) is 11.3. The molecule has 8 nitrogen and oxygen atoms in total. The van der Waals surface area contributed by atoms with Crippen molar-refractivity contribution in [2.45, 2.75) is 115 Å². The van der Waals surface area contributed by atoms with Gasteiger partial charge in [-0.1, -0.05) is 40.5 Å². The fourth-order valence-corrected chi connectivity index (χ4v) is 9.85. The number of allylic oxidation sites excluding steroid dienone is 1. The quantitative estimate of drug-likeness (QED) is 0.248. The molecule has 4 rings (SSSR count). The van der Waals surface area contributed by atoms with Gasteiger partial charge in [-0.3, -0.25) is 9.59 Å². The molecule has 3 fully saturated rings. The third kappa shape index (κ3) is 3.74. The number of hydrogen-bond acceptors (Lipinski definition) is 8. The van der Waals surface area contributed by atoms with Crippen LogP contribution >= 0.6 is 0 Å². The zero-order valence-corrected chi connectivity index (χ0v) is 23.3. The van der Waals surface area contributed by atoms with Crippen molar-refractivity contribution in [2.75, 3.05) is 6.61 Å². The van der Waals surface area contributed by atoms with Crippen LogP contribution in [0.1, 0.15) is 85.5 Å². The molecule has 0 aromatic heterocycles. The second kappa shape index (κ2) is 9.63. The predicted molar refractivity (Wildman–Crippen MR) is 136 cm³/mol. The first kappa shape index (κ1) is 30.7. The molecule has 0 heterocycles. The first-order valence-corrected chi connectivity index (χ1v) is 14.3. The Morgan fingerprint density at radius 1 is 1.08 bits per heavy atom. The lowest BCUT2D eigenvalue weighted by molar-refractivity contribution is -0.328. The van der Waals surface area contributed by atoms with Crippen LogP contribution in [-0.4, -0.2) is 78.3 Å². The number of carbonyl (C=O) groups is 2. The minimum Gasteiger partial charge on any atom is -0.390 e. The molecule has 4 aliphatic rings. The molecule has 0 amide bonds. The standard InChI is InChI=1S/C29H44F2O8/c1-5-8-26(36,37)21-13-17-18-12-20(30)19-11-16(33)7-10-24(19,3)29(18,31)22(34)14-25(17,4)28(21,23(35)15-32)27(38,39)9-6-2/h11,17-18,20-22,32,34,36-39H,5-10,12-15H2,1-4H3/t17-,18-,20?,21?,22?,24-,25-,28-,29-/m0/s1. The van der Waals surface area contributed by atoms with E-state index in [9.17, 15) is 40.2 Å².